The molecule has 2 rings (SSSR count). The minimum atomic E-state index is 0.709. The number of nitrogens with one attached hydrogen (secondary N) is 1. The Balaban J connectivity index is 2.52. The van der Waals surface area contributed by atoms with Gasteiger partial charge in [0.05, 0.1) is 0 Å². The van der Waals surface area contributed by atoms with E-state index in [1.54, 1.807) is 0 Å². The van der Waals surface area contributed by atoms with Crippen LogP contribution in [0.4, 0.5) is 5.82 Å². The third kappa shape index (κ3) is 2.87. The van der Waals surface area contributed by atoms with Gasteiger partial charge >= 0.3 is 0 Å². The van der Waals surface area contributed by atoms with Gasteiger partial charge < -0.3 is 5.32 Å². The Morgan fingerprint density at radius 2 is 1.89 bits per heavy atom. The molecule has 1 heterocycles. The number of rotatable bonds is 3. The van der Waals surface area contributed by atoms with Crippen molar-refractivity contribution in [3.05, 3.63) is 40.0 Å². The Morgan fingerprint density at radius 3 is 2.53 bits per heavy atom. The van der Waals surface area contributed by atoms with Crippen LogP contribution in [0.3, 0.4) is 0 Å². The molecule has 0 bridgehead atoms. The molecule has 0 fully saturated rings. The van der Waals surface area contributed by atoms with Crippen molar-refractivity contribution in [1.82, 2.24) is 9.97 Å². The van der Waals surface area contributed by atoms with Gasteiger partial charge in [-0.05, 0) is 39.3 Å². The zero-order valence-electron chi connectivity index (χ0n) is 11.7. The van der Waals surface area contributed by atoms with Crippen LogP contribution < -0.4 is 5.32 Å². The highest BCUT2D eigenvalue weighted by Crippen LogP contribution is 2.25. The van der Waals surface area contributed by atoms with Crippen LogP contribution in [0.2, 0.25) is 5.02 Å². The number of aromatic nitrogens is 2. The summed E-state index contributed by atoms with van der Waals surface area (Å²) in [5.41, 5.74) is 4.07. The minimum Gasteiger partial charge on any atom is -0.370 e. The third-order valence-electron chi connectivity index (χ3n) is 3.16. The van der Waals surface area contributed by atoms with Gasteiger partial charge in [-0.15, -0.1) is 0 Å². The van der Waals surface area contributed by atoms with Crippen molar-refractivity contribution >= 4 is 17.4 Å². The standard InChI is InChI=1S/C15H18ClN3/c1-5-17-14-10(3)11(4)18-15(19-14)12-7-6-9(2)13(16)8-12/h6-8H,5H2,1-4H3,(H,17,18,19). The molecule has 0 atom stereocenters. The van der Waals surface area contributed by atoms with Gasteiger partial charge in [0.2, 0.25) is 0 Å². The zero-order valence-corrected chi connectivity index (χ0v) is 12.5. The summed E-state index contributed by atoms with van der Waals surface area (Å²) in [6.07, 6.45) is 0. The second kappa shape index (κ2) is 5.57. The number of hydrogen-bond donors (Lipinski definition) is 1. The molecule has 4 heteroatoms. The fourth-order valence-corrected chi connectivity index (χ4v) is 2.01. The highest BCUT2D eigenvalue weighted by molar-refractivity contribution is 6.31. The largest absolute Gasteiger partial charge is 0.370 e. The Hall–Kier alpha value is -1.61. The molecule has 0 aliphatic heterocycles. The molecule has 0 aliphatic carbocycles. The fraction of sp³-hybridized carbons (Fsp3) is 0.333. The second-order valence-corrected chi connectivity index (χ2v) is 5.01. The summed E-state index contributed by atoms with van der Waals surface area (Å²) in [4.78, 5) is 9.13. The summed E-state index contributed by atoms with van der Waals surface area (Å²) in [7, 11) is 0. The van der Waals surface area contributed by atoms with Gasteiger partial charge in [-0.2, -0.15) is 0 Å². The van der Waals surface area contributed by atoms with E-state index in [9.17, 15) is 0 Å². The molecule has 100 valence electrons. The first kappa shape index (κ1) is 13.8. The van der Waals surface area contributed by atoms with E-state index in [4.69, 9.17) is 11.6 Å². The monoisotopic (exact) mass is 275 g/mol. The highest BCUT2D eigenvalue weighted by atomic mass is 35.5. The molecule has 1 aromatic carbocycles. The van der Waals surface area contributed by atoms with E-state index < -0.39 is 0 Å². The molecule has 3 nitrogen and oxygen atoms in total. The molecule has 1 aromatic heterocycles. The van der Waals surface area contributed by atoms with Crippen molar-refractivity contribution in [2.24, 2.45) is 0 Å². The van der Waals surface area contributed by atoms with Crippen LogP contribution in [0, 0.1) is 20.8 Å². The predicted molar refractivity (Wildman–Crippen MR) is 80.9 cm³/mol. The van der Waals surface area contributed by atoms with E-state index in [0.717, 1.165) is 39.8 Å². The van der Waals surface area contributed by atoms with Crippen LogP contribution in [-0.4, -0.2) is 16.5 Å². The molecule has 2 aromatic rings. The van der Waals surface area contributed by atoms with Gasteiger partial charge in [-0.1, -0.05) is 23.7 Å². The van der Waals surface area contributed by atoms with Crippen LogP contribution in [0.1, 0.15) is 23.7 Å². The van der Waals surface area contributed by atoms with E-state index in [2.05, 4.69) is 22.2 Å². The van der Waals surface area contributed by atoms with E-state index in [-0.39, 0.29) is 0 Å². The number of nitrogens with zero attached hydrogens (tertiary/aromatic N) is 2. The highest BCUT2D eigenvalue weighted by Gasteiger charge is 2.10. The van der Waals surface area contributed by atoms with Crippen molar-refractivity contribution in [1.29, 1.82) is 0 Å². The van der Waals surface area contributed by atoms with Gasteiger partial charge in [0.25, 0.3) is 0 Å². The molecule has 0 saturated carbocycles. The zero-order chi connectivity index (χ0) is 14.0. The predicted octanol–water partition coefficient (Wildman–Crippen LogP) is 4.15. The maximum atomic E-state index is 6.16. The first-order valence-electron chi connectivity index (χ1n) is 6.38. The van der Waals surface area contributed by atoms with Crippen LogP contribution >= 0.6 is 11.6 Å². The minimum absolute atomic E-state index is 0.709. The van der Waals surface area contributed by atoms with E-state index >= 15 is 0 Å². The summed E-state index contributed by atoms with van der Waals surface area (Å²) >= 11 is 6.16. The summed E-state index contributed by atoms with van der Waals surface area (Å²) in [6.45, 7) is 8.90. The van der Waals surface area contributed by atoms with Crippen molar-refractivity contribution < 1.29 is 0 Å². The smallest absolute Gasteiger partial charge is 0.161 e. The molecule has 1 N–H and O–H groups in total. The summed E-state index contributed by atoms with van der Waals surface area (Å²) in [5.74, 6) is 1.60. The lowest BCUT2D eigenvalue weighted by molar-refractivity contribution is 1.05. The molecule has 0 amide bonds. The molecule has 0 aliphatic rings. The molecule has 19 heavy (non-hydrogen) atoms. The second-order valence-electron chi connectivity index (χ2n) is 4.60. The van der Waals surface area contributed by atoms with E-state index in [0.29, 0.717) is 5.82 Å². The van der Waals surface area contributed by atoms with Crippen molar-refractivity contribution in [3.63, 3.8) is 0 Å². The lowest BCUT2D eigenvalue weighted by Crippen LogP contribution is -2.06. The normalized spacial score (nSPS) is 10.6. The number of benzene rings is 1. The van der Waals surface area contributed by atoms with Crippen LogP contribution in [-0.2, 0) is 0 Å². The van der Waals surface area contributed by atoms with Crippen molar-refractivity contribution in [2.45, 2.75) is 27.7 Å². The van der Waals surface area contributed by atoms with Crippen LogP contribution in [0.5, 0.6) is 0 Å². The first-order chi connectivity index (χ1) is 9.02. The lowest BCUT2D eigenvalue weighted by atomic mass is 10.1. The van der Waals surface area contributed by atoms with Gasteiger partial charge in [-0.25, -0.2) is 9.97 Å². The average molecular weight is 276 g/mol. The van der Waals surface area contributed by atoms with Gasteiger partial charge in [0, 0.05) is 28.4 Å². The average Bonchev–Trinajstić information content (AvgIpc) is 2.38. The first-order valence-corrected chi connectivity index (χ1v) is 6.76. The molecule has 0 unspecified atom stereocenters. The Kier molecular flexibility index (Phi) is 4.05. The molecule has 0 spiro atoms. The van der Waals surface area contributed by atoms with E-state index in [1.165, 1.54) is 0 Å². The van der Waals surface area contributed by atoms with Gasteiger partial charge in [0.15, 0.2) is 5.82 Å². The van der Waals surface area contributed by atoms with Crippen molar-refractivity contribution in [3.8, 4) is 11.4 Å². The quantitative estimate of drug-likeness (QED) is 0.914. The molecular weight excluding hydrogens is 258 g/mol. The fourth-order valence-electron chi connectivity index (χ4n) is 1.83. The van der Waals surface area contributed by atoms with Crippen LogP contribution in [0.25, 0.3) is 11.4 Å². The summed E-state index contributed by atoms with van der Waals surface area (Å²) < 4.78 is 0. The Bertz CT molecular complexity index is 609. The number of aryl methyl sites for hydroxylation is 2. The number of hydrogen-bond acceptors (Lipinski definition) is 3. The number of anilines is 1. The maximum Gasteiger partial charge on any atom is 0.161 e. The summed E-state index contributed by atoms with van der Waals surface area (Å²) in [6, 6.07) is 5.90. The Morgan fingerprint density at radius 1 is 1.16 bits per heavy atom. The Labute approximate surface area is 119 Å². The molecule has 0 saturated heterocycles. The molecule has 0 radical (unpaired) electrons. The van der Waals surface area contributed by atoms with Gasteiger partial charge in [-0.3, -0.25) is 0 Å². The van der Waals surface area contributed by atoms with Crippen LogP contribution in [0.15, 0.2) is 18.2 Å². The number of halogens is 1. The topological polar surface area (TPSA) is 37.8 Å². The third-order valence-corrected chi connectivity index (χ3v) is 3.57. The lowest BCUT2D eigenvalue weighted by Gasteiger charge is -2.11. The SMILES string of the molecule is CCNc1nc(-c2ccc(C)c(Cl)c2)nc(C)c1C. The summed E-state index contributed by atoms with van der Waals surface area (Å²) in [5, 5.41) is 4.01. The molecular formula is C15H18ClN3. The van der Waals surface area contributed by atoms with Gasteiger partial charge in [0.1, 0.15) is 5.82 Å². The van der Waals surface area contributed by atoms with E-state index in [1.807, 2.05) is 39.0 Å². The maximum absolute atomic E-state index is 6.16. The van der Waals surface area contributed by atoms with Crippen molar-refractivity contribution in [2.75, 3.05) is 11.9 Å².